The molecule has 0 spiro atoms. The van der Waals surface area contributed by atoms with Crippen molar-refractivity contribution >= 4 is 17.7 Å². The number of hydrogen-bond donors (Lipinski definition) is 0. The molecular formula is C25H30N4O2S. The van der Waals surface area contributed by atoms with Crippen LogP contribution in [-0.2, 0) is 30.9 Å². The first-order valence-electron chi connectivity index (χ1n) is 10.7. The molecule has 0 saturated carbocycles. The molecule has 0 aliphatic rings. The van der Waals surface area contributed by atoms with Crippen LogP contribution in [0.15, 0.2) is 66.3 Å². The van der Waals surface area contributed by atoms with E-state index in [1.807, 2.05) is 42.8 Å². The van der Waals surface area contributed by atoms with Gasteiger partial charge in [0.25, 0.3) is 0 Å². The fourth-order valence-electron chi connectivity index (χ4n) is 3.18. The van der Waals surface area contributed by atoms with Gasteiger partial charge in [0.05, 0.1) is 5.75 Å². The zero-order valence-corrected chi connectivity index (χ0v) is 19.8. The topological polar surface area (TPSA) is 60.2 Å². The van der Waals surface area contributed by atoms with Gasteiger partial charge in [0.2, 0.25) is 5.91 Å². The van der Waals surface area contributed by atoms with Crippen LogP contribution in [0.1, 0.15) is 29.4 Å². The Morgan fingerprint density at radius 2 is 1.94 bits per heavy atom. The molecule has 32 heavy (non-hydrogen) atoms. The van der Waals surface area contributed by atoms with E-state index in [0.29, 0.717) is 30.7 Å². The molecule has 1 amide bonds. The van der Waals surface area contributed by atoms with Gasteiger partial charge in [-0.15, -0.1) is 16.8 Å². The number of carbonyl (C=O) groups is 1. The molecule has 1 aromatic heterocycles. The third-order valence-corrected chi connectivity index (χ3v) is 6.02. The van der Waals surface area contributed by atoms with E-state index in [1.165, 1.54) is 17.3 Å². The second kappa shape index (κ2) is 11.5. The maximum absolute atomic E-state index is 12.7. The molecule has 0 fully saturated rings. The van der Waals surface area contributed by atoms with Gasteiger partial charge in [0.1, 0.15) is 12.4 Å². The van der Waals surface area contributed by atoms with Gasteiger partial charge in [0, 0.05) is 20.1 Å². The van der Waals surface area contributed by atoms with E-state index in [1.54, 1.807) is 11.0 Å². The number of hydrogen-bond acceptors (Lipinski definition) is 5. The minimum absolute atomic E-state index is 0.0419. The van der Waals surface area contributed by atoms with E-state index >= 15 is 0 Å². The molecule has 3 rings (SSSR count). The van der Waals surface area contributed by atoms with Crippen LogP contribution >= 0.6 is 11.8 Å². The largest absolute Gasteiger partial charge is 0.486 e. The third-order valence-electron chi connectivity index (χ3n) is 5.06. The van der Waals surface area contributed by atoms with E-state index < -0.39 is 0 Å². The first-order chi connectivity index (χ1) is 15.5. The Kier molecular flexibility index (Phi) is 8.50. The van der Waals surface area contributed by atoms with Crippen LogP contribution in [-0.4, -0.2) is 38.4 Å². The maximum atomic E-state index is 12.7. The summed E-state index contributed by atoms with van der Waals surface area (Å²) in [5, 5.41) is 9.23. The molecule has 2 aromatic carbocycles. The van der Waals surface area contributed by atoms with Crippen molar-refractivity contribution < 1.29 is 9.53 Å². The minimum Gasteiger partial charge on any atom is -0.486 e. The molecule has 0 saturated heterocycles. The molecule has 0 bridgehead atoms. The zero-order valence-electron chi connectivity index (χ0n) is 19.0. The molecule has 3 aromatic rings. The Bertz CT molecular complexity index is 1050. The number of thioether (sulfide) groups is 1. The lowest BCUT2D eigenvalue weighted by Gasteiger charge is -2.17. The van der Waals surface area contributed by atoms with E-state index in [-0.39, 0.29) is 11.7 Å². The highest BCUT2D eigenvalue weighted by Crippen LogP contribution is 2.20. The first-order valence-corrected chi connectivity index (χ1v) is 11.7. The van der Waals surface area contributed by atoms with E-state index in [9.17, 15) is 4.79 Å². The van der Waals surface area contributed by atoms with Crippen LogP contribution in [0.4, 0.5) is 0 Å². The lowest BCUT2D eigenvalue weighted by molar-refractivity contribution is -0.127. The molecule has 6 nitrogen and oxygen atoms in total. The summed E-state index contributed by atoms with van der Waals surface area (Å²) in [5.41, 5.74) is 3.55. The summed E-state index contributed by atoms with van der Waals surface area (Å²) < 4.78 is 7.81. The lowest BCUT2D eigenvalue weighted by atomic mass is 10.1. The number of allylic oxidation sites excluding steroid dienone is 1. The molecule has 0 atom stereocenters. The molecule has 0 aliphatic heterocycles. The molecular weight excluding hydrogens is 420 g/mol. The summed E-state index contributed by atoms with van der Waals surface area (Å²) in [7, 11) is 1.83. The molecule has 168 valence electrons. The number of nitrogens with zero attached hydrogens (tertiary/aromatic N) is 4. The number of carbonyl (C=O) groups excluding carboxylic acids is 1. The summed E-state index contributed by atoms with van der Waals surface area (Å²) in [5.74, 6) is 1.82. The molecule has 0 unspecified atom stereocenters. The fraction of sp³-hybridized carbons (Fsp3) is 0.320. The standard InChI is InChI=1S/C25H30N4O2S/c1-5-14-29-23(17-31-22-9-7-8-19(3)15-22)26-27-25(29)32-18-24(30)28(4)16-21-12-10-20(6-2)11-13-21/h5,7-13,15H,1,6,14,16-18H2,2-4H3. The average molecular weight is 451 g/mol. The number of aryl methyl sites for hydroxylation is 2. The van der Waals surface area contributed by atoms with Crippen molar-refractivity contribution in [2.75, 3.05) is 12.8 Å². The van der Waals surface area contributed by atoms with E-state index in [2.05, 4.69) is 48.0 Å². The van der Waals surface area contributed by atoms with Gasteiger partial charge in [-0.3, -0.25) is 9.36 Å². The third kappa shape index (κ3) is 6.47. The van der Waals surface area contributed by atoms with Crippen LogP contribution in [0.2, 0.25) is 0 Å². The Labute approximate surface area is 194 Å². The summed E-state index contributed by atoms with van der Waals surface area (Å²) in [6.45, 7) is 9.42. The Balaban J connectivity index is 1.58. The van der Waals surface area contributed by atoms with Gasteiger partial charge >= 0.3 is 0 Å². The maximum Gasteiger partial charge on any atom is 0.233 e. The molecule has 0 N–H and O–H groups in total. The van der Waals surface area contributed by atoms with E-state index in [0.717, 1.165) is 23.3 Å². The van der Waals surface area contributed by atoms with Crippen molar-refractivity contribution in [2.45, 2.75) is 45.1 Å². The highest BCUT2D eigenvalue weighted by molar-refractivity contribution is 7.99. The van der Waals surface area contributed by atoms with Crippen molar-refractivity contribution in [1.82, 2.24) is 19.7 Å². The highest BCUT2D eigenvalue weighted by Gasteiger charge is 2.16. The summed E-state index contributed by atoms with van der Waals surface area (Å²) in [6.07, 6.45) is 2.80. The second-order valence-corrected chi connectivity index (χ2v) is 8.55. The Morgan fingerprint density at radius 3 is 2.62 bits per heavy atom. The fourth-order valence-corrected chi connectivity index (χ4v) is 4.08. The van der Waals surface area contributed by atoms with Crippen molar-refractivity contribution in [1.29, 1.82) is 0 Å². The van der Waals surface area contributed by atoms with Crippen LogP contribution in [0.5, 0.6) is 5.75 Å². The lowest BCUT2D eigenvalue weighted by Crippen LogP contribution is -2.28. The van der Waals surface area contributed by atoms with Gasteiger partial charge in [-0.25, -0.2) is 0 Å². The van der Waals surface area contributed by atoms with Crippen LogP contribution in [0, 0.1) is 6.92 Å². The van der Waals surface area contributed by atoms with Crippen LogP contribution < -0.4 is 4.74 Å². The number of rotatable bonds is 11. The predicted molar refractivity (Wildman–Crippen MR) is 129 cm³/mol. The number of aromatic nitrogens is 3. The SMILES string of the molecule is C=CCn1c(COc2cccc(C)c2)nnc1SCC(=O)N(C)Cc1ccc(CC)cc1. The van der Waals surface area contributed by atoms with Crippen LogP contribution in [0.25, 0.3) is 0 Å². The van der Waals surface area contributed by atoms with Crippen molar-refractivity contribution in [3.8, 4) is 5.75 Å². The smallest absolute Gasteiger partial charge is 0.233 e. The zero-order chi connectivity index (χ0) is 22.9. The molecule has 0 aliphatic carbocycles. The van der Waals surface area contributed by atoms with Crippen molar-refractivity contribution in [2.24, 2.45) is 0 Å². The summed E-state index contributed by atoms with van der Waals surface area (Å²) >= 11 is 1.38. The average Bonchev–Trinajstić information content (AvgIpc) is 3.18. The molecule has 7 heteroatoms. The highest BCUT2D eigenvalue weighted by atomic mass is 32.2. The molecule has 1 heterocycles. The van der Waals surface area contributed by atoms with Gasteiger partial charge in [-0.1, -0.05) is 61.2 Å². The van der Waals surface area contributed by atoms with Gasteiger partial charge in [-0.05, 0) is 42.2 Å². The van der Waals surface area contributed by atoms with Crippen molar-refractivity contribution in [3.05, 3.63) is 83.7 Å². The Hall–Kier alpha value is -3.06. The van der Waals surface area contributed by atoms with Gasteiger partial charge < -0.3 is 9.64 Å². The molecule has 0 radical (unpaired) electrons. The minimum atomic E-state index is 0.0419. The monoisotopic (exact) mass is 450 g/mol. The van der Waals surface area contributed by atoms with E-state index in [4.69, 9.17) is 4.74 Å². The quantitative estimate of drug-likeness (QED) is 0.314. The number of benzene rings is 2. The second-order valence-electron chi connectivity index (χ2n) is 7.61. The van der Waals surface area contributed by atoms with Gasteiger partial charge in [0.15, 0.2) is 11.0 Å². The number of ether oxygens (including phenoxy) is 1. The van der Waals surface area contributed by atoms with Crippen LogP contribution in [0.3, 0.4) is 0 Å². The first kappa shape index (κ1) is 23.6. The Morgan fingerprint density at radius 1 is 1.19 bits per heavy atom. The predicted octanol–water partition coefficient (Wildman–Crippen LogP) is 4.66. The van der Waals surface area contributed by atoms with Crippen molar-refractivity contribution in [3.63, 3.8) is 0 Å². The number of amides is 1. The normalized spacial score (nSPS) is 10.7. The summed E-state index contributed by atoms with van der Waals surface area (Å²) in [6, 6.07) is 16.3. The summed E-state index contributed by atoms with van der Waals surface area (Å²) in [4.78, 5) is 14.4. The van der Waals surface area contributed by atoms with Gasteiger partial charge in [-0.2, -0.15) is 0 Å².